The van der Waals surface area contributed by atoms with Crippen LogP contribution in [-0.2, 0) is 43.1 Å². The molecule has 0 bridgehead atoms. The Labute approximate surface area is 524 Å². The van der Waals surface area contributed by atoms with Gasteiger partial charge in [0.2, 0.25) is 5.91 Å². The van der Waals surface area contributed by atoms with Crippen molar-refractivity contribution < 1.29 is 57.2 Å². The van der Waals surface area contributed by atoms with Gasteiger partial charge in [-0.1, -0.05) is 54.6 Å². The van der Waals surface area contributed by atoms with E-state index in [-0.39, 0.29) is 43.3 Å². The van der Waals surface area contributed by atoms with Gasteiger partial charge in [0.05, 0.1) is 45.7 Å². The molecule has 23 nitrogen and oxygen atoms in total. The lowest BCUT2D eigenvalue weighted by Crippen LogP contribution is -2.26. The highest BCUT2D eigenvalue weighted by molar-refractivity contribution is 9.10. The Morgan fingerprint density at radius 2 is 0.989 bits per heavy atom. The summed E-state index contributed by atoms with van der Waals surface area (Å²) in [7, 11) is 1.00. The highest BCUT2D eigenvalue weighted by Crippen LogP contribution is 2.22. The number of benzene rings is 3. The molecule has 0 radical (unpaired) electrons. The number of rotatable bonds is 25. The summed E-state index contributed by atoms with van der Waals surface area (Å²) in [5.74, 6) is 0.628. The van der Waals surface area contributed by atoms with Crippen molar-refractivity contribution in [2.75, 3.05) is 84.8 Å². The number of carbonyl (C=O) groups is 4. The molecule has 9 aromatic rings. The summed E-state index contributed by atoms with van der Waals surface area (Å²) in [6.45, 7) is 4.18. The van der Waals surface area contributed by atoms with Crippen LogP contribution in [0.3, 0.4) is 0 Å². The molecule has 6 aromatic heterocycles. The number of nitrogens with one attached hydrogen (secondary N) is 7. The van der Waals surface area contributed by atoms with E-state index in [2.05, 4.69) is 74.1 Å². The van der Waals surface area contributed by atoms with Gasteiger partial charge in [0, 0.05) is 109 Å². The molecule has 0 fully saturated rings. The van der Waals surface area contributed by atoms with Crippen molar-refractivity contribution in [3.8, 4) is 18.2 Å². The van der Waals surface area contributed by atoms with E-state index in [0.29, 0.717) is 104 Å². The zero-order valence-corrected chi connectivity index (χ0v) is 51.3. The molecule has 0 saturated heterocycles. The fourth-order valence-corrected chi connectivity index (χ4v) is 8.50. The Morgan fingerprint density at radius 3 is 1.39 bits per heavy atom. The quantitative estimate of drug-likeness (QED) is 0.0111. The number of H-pyrrole nitrogens is 3. The molecule has 9 rings (SSSR count). The van der Waals surface area contributed by atoms with Crippen molar-refractivity contribution in [1.82, 2.24) is 30.9 Å². The van der Waals surface area contributed by atoms with Crippen molar-refractivity contribution in [3.05, 3.63) is 182 Å². The van der Waals surface area contributed by atoms with Gasteiger partial charge in [-0.2, -0.15) is 15.8 Å². The van der Waals surface area contributed by atoms with Crippen molar-refractivity contribution >= 4 is 107 Å². The van der Waals surface area contributed by atoms with Crippen molar-refractivity contribution in [2.24, 2.45) is 5.73 Å². The average molecular weight is 1330 g/mol. The molecule has 0 aliphatic rings. The normalized spacial score (nSPS) is 10.6. The van der Waals surface area contributed by atoms with Crippen LogP contribution in [-0.4, -0.2) is 134 Å². The van der Waals surface area contributed by atoms with Gasteiger partial charge in [0.25, 0.3) is 11.8 Å². The van der Waals surface area contributed by atoms with Gasteiger partial charge in [0.1, 0.15) is 41.2 Å². The number of hydrogen-bond acceptors (Lipinski definition) is 17. The number of fused-ring (bicyclic) bond motifs is 3. The second-order valence-electron chi connectivity index (χ2n) is 17.9. The topological polar surface area (TPSA) is 380 Å². The number of nitrogens with zero attached hydrogens (tertiary/aromatic N) is 3. The summed E-state index contributed by atoms with van der Waals surface area (Å²) < 4.78 is 26.7. The van der Waals surface area contributed by atoms with Gasteiger partial charge in [0.15, 0.2) is 27.3 Å². The third-order valence-corrected chi connectivity index (χ3v) is 12.7. The fourth-order valence-electron chi connectivity index (χ4n) is 7.87. The summed E-state index contributed by atoms with van der Waals surface area (Å²) >= 11 is 6.23. The number of aliphatic hydroxyl groups is 3. The first-order chi connectivity index (χ1) is 42.9. The van der Waals surface area contributed by atoms with Crippen LogP contribution < -0.4 is 27.0 Å². The minimum atomic E-state index is -0.444. The highest BCUT2D eigenvalue weighted by atomic mass is 79.9. The smallest absolute Gasteiger partial charge is 0.262 e. The van der Waals surface area contributed by atoms with E-state index in [0.717, 1.165) is 52.0 Å². The third-order valence-electron chi connectivity index (χ3n) is 11.9. The summed E-state index contributed by atoms with van der Waals surface area (Å²) in [6, 6.07) is 39.7. The largest absolute Gasteiger partial charge is 0.450 e. The molecule has 25 heteroatoms. The summed E-state index contributed by atoms with van der Waals surface area (Å²) in [4.78, 5) is 55.1. The van der Waals surface area contributed by atoms with E-state index in [1.807, 2.05) is 104 Å². The van der Waals surface area contributed by atoms with Crippen molar-refractivity contribution in [2.45, 2.75) is 25.7 Å². The lowest BCUT2D eigenvalue weighted by Gasteiger charge is -2.04. The molecule has 462 valence electrons. The zero-order valence-electron chi connectivity index (χ0n) is 48.2. The molecular formula is C63H69Br2N11O12. The maximum Gasteiger partial charge on any atom is 0.262 e. The number of aliphatic hydroxyl groups excluding tert-OH is 3. The molecule has 0 saturated carbocycles. The number of nitrogens with two attached hydrogens (primary N) is 1. The summed E-state index contributed by atoms with van der Waals surface area (Å²) in [5.41, 5.74) is 11.7. The number of carbonyl (C=O) groups excluding carboxylic acids is 4. The minimum Gasteiger partial charge on any atom is -0.450 e. The maximum absolute atomic E-state index is 12.3. The number of aromatic amines is 3. The Bertz CT molecular complexity index is 3740. The van der Waals surface area contributed by atoms with Crippen LogP contribution in [0.1, 0.15) is 45.2 Å². The second kappa shape index (κ2) is 41.7. The van der Waals surface area contributed by atoms with Crippen molar-refractivity contribution in [1.29, 1.82) is 15.8 Å². The predicted octanol–water partition coefficient (Wildman–Crippen LogP) is 8.39. The van der Waals surface area contributed by atoms with E-state index >= 15 is 0 Å². The number of furan rings is 3. The Hall–Kier alpha value is -9.33. The summed E-state index contributed by atoms with van der Waals surface area (Å²) in [6.07, 6.45) is 11.4. The molecular weight excluding hydrogens is 1260 g/mol. The number of halogens is 2. The van der Waals surface area contributed by atoms with Crippen LogP contribution in [0.2, 0.25) is 0 Å². The number of aromatic nitrogens is 3. The van der Waals surface area contributed by atoms with E-state index in [1.165, 1.54) is 23.1 Å². The molecule has 12 N–H and O–H groups in total. The first-order valence-corrected chi connectivity index (χ1v) is 28.9. The van der Waals surface area contributed by atoms with E-state index in [4.69, 9.17) is 54.3 Å². The molecule has 0 unspecified atom stereocenters. The first kappa shape index (κ1) is 71.2. The zero-order chi connectivity index (χ0) is 63.7. The first-order valence-electron chi connectivity index (χ1n) is 27.3. The van der Waals surface area contributed by atoms with E-state index < -0.39 is 11.8 Å². The average Bonchev–Trinajstić information content (AvgIpc) is 4.43. The lowest BCUT2D eigenvalue weighted by molar-refractivity contribution is -0.120. The van der Waals surface area contributed by atoms with Crippen LogP contribution in [0.25, 0.3) is 44.9 Å². The molecule has 88 heavy (non-hydrogen) atoms. The van der Waals surface area contributed by atoms with Crippen LogP contribution in [0.4, 0.5) is 5.88 Å². The minimum absolute atomic E-state index is 0.00998. The van der Waals surface area contributed by atoms with Gasteiger partial charge >= 0.3 is 0 Å². The van der Waals surface area contributed by atoms with Crippen LogP contribution >= 0.6 is 31.9 Å². The Kier molecular flexibility index (Phi) is 33.7. The molecule has 3 aromatic carbocycles. The van der Waals surface area contributed by atoms with Gasteiger partial charge in [-0.3, -0.25) is 19.2 Å². The number of ether oxygens (including phenoxy) is 2. The molecule has 0 aliphatic heterocycles. The SMILES string of the molecule is CO.N#C/C(=C\c1ccc(Br)o1)C(=O)NCCc1c[nH]c2ccccc12.N#C/C(=C\c1ccc(NCCOCCO)o1)C(=O)NCCc1c[nH]c2ccccc12.N#CCC(=O)NCCc1c[nH]c2ccccc12.NCCOCCO.O=Cc1ccc(Br)o1. The predicted molar refractivity (Wildman–Crippen MR) is 341 cm³/mol. The third kappa shape index (κ3) is 25.3. The van der Waals surface area contributed by atoms with E-state index in [9.17, 15) is 24.4 Å². The van der Waals surface area contributed by atoms with Crippen molar-refractivity contribution in [3.63, 3.8) is 0 Å². The monoisotopic (exact) mass is 1330 g/mol. The highest BCUT2D eigenvalue weighted by Gasteiger charge is 2.13. The Balaban J connectivity index is 0.000000254. The number of anilines is 1. The molecule has 0 spiro atoms. The van der Waals surface area contributed by atoms with Crippen LogP contribution in [0, 0.1) is 34.0 Å². The molecule has 0 atom stereocenters. The van der Waals surface area contributed by atoms with Gasteiger partial charge in [-0.05, 0) is 116 Å². The maximum atomic E-state index is 12.3. The van der Waals surface area contributed by atoms with E-state index in [1.54, 1.807) is 36.4 Å². The molecule has 3 amide bonds. The van der Waals surface area contributed by atoms with Gasteiger partial charge < -0.3 is 80.0 Å². The number of aldehydes is 1. The number of para-hydroxylation sites is 3. The standard InChI is InChI=1S/C22H24N4O4.C18H14BrN3O2.C13H13N3O.C5H3BrO2.C4H11NO2.CH4O/c23-14-17(13-18-5-6-21(30-18)24-9-11-29-12-10-27)22(28)25-8-7-16-15-26-20-4-2-1-3-19(16)20;19-17-6-5-14(24-17)9-13(10-20)18(23)21-8-7-12-11-22-16-4-2-1-3-15(12)16;14-7-5-13(17)15-8-6-10-9-16-12-4-2-1-3-11(10)12;6-5-2-1-4(3-7)8-5;5-1-3-7-4-2-6;1-2/h1-6,13,15,24,26-27H,7-12H2,(H,25,28);1-6,9,11,22H,7-8H2,(H,21,23);1-4,9,16H,5-6,8H2,(H,15,17);1-3H;6H,1-5H2;2H,1H3/b17-13+;13-9+;;;;. The fraction of sp³-hybridized carbons (Fsp3) is 0.254. The number of hydrogen-bond donors (Lipinski definition) is 11. The second-order valence-corrected chi connectivity index (χ2v) is 19.4. The number of amides is 3. The van der Waals surface area contributed by atoms with Gasteiger partial charge in [-0.15, -0.1) is 0 Å². The molecule has 0 aliphatic carbocycles. The van der Waals surface area contributed by atoms with Gasteiger partial charge in [-0.25, -0.2) is 0 Å². The lowest BCUT2D eigenvalue weighted by atomic mass is 10.1. The number of nitriles is 3. The van der Waals surface area contributed by atoms with Crippen LogP contribution in [0.15, 0.2) is 162 Å². The van der Waals surface area contributed by atoms with Crippen LogP contribution in [0.5, 0.6) is 0 Å². The summed E-state index contributed by atoms with van der Waals surface area (Å²) in [5, 5.41) is 65.3. The molecule has 6 heterocycles. The Morgan fingerprint density at radius 1 is 0.568 bits per heavy atom.